The number of ether oxygens (including phenoxy) is 1. The number of aliphatic hydroxyl groups excluding tert-OH is 1. The van der Waals surface area contributed by atoms with Crippen molar-refractivity contribution < 1.29 is 9.84 Å². The Kier molecular flexibility index (Phi) is 8.69. The molecule has 0 spiro atoms. The van der Waals surface area contributed by atoms with Gasteiger partial charge in [-0.2, -0.15) is 0 Å². The quantitative estimate of drug-likeness (QED) is 0.580. The summed E-state index contributed by atoms with van der Waals surface area (Å²) >= 11 is 0. The highest BCUT2D eigenvalue weighted by Crippen LogP contribution is 2.21. The number of hydrogen-bond acceptors (Lipinski definition) is 6. The molecule has 0 amide bonds. The number of aromatic nitrogens is 2. The Balaban J connectivity index is 2.66. The number of anilines is 2. The van der Waals surface area contributed by atoms with Crippen LogP contribution in [0.3, 0.4) is 0 Å². The molecule has 0 aromatic carbocycles. The molecule has 0 aliphatic carbocycles. The molecule has 1 atom stereocenters. The third kappa shape index (κ3) is 6.27. The summed E-state index contributed by atoms with van der Waals surface area (Å²) in [6.45, 7) is 6.19. The van der Waals surface area contributed by atoms with E-state index in [2.05, 4.69) is 34.4 Å². The van der Waals surface area contributed by atoms with E-state index in [1.807, 2.05) is 0 Å². The lowest BCUT2D eigenvalue weighted by atomic mass is 10.1. The van der Waals surface area contributed by atoms with Crippen LogP contribution in [0.4, 0.5) is 11.6 Å². The van der Waals surface area contributed by atoms with Crippen LogP contribution in [0, 0.1) is 0 Å². The van der Waals surface area contributed by atoms with Gasteiger partial charge >= 0.3 is 0 Å². The molecule has 1 rings (SSSR count). The lowest BCUT2D eigenvalue weighted by Crippen LogP contribution is -2.19. The maximum atomic E-state index is 9.66. The minimum Gasteiger partial charge on any atom is -0.391 e. The summed E-state index contributed by atoms with van der Waals surface area (Å²) in [5.74, 6) is 1.77. The van der Waals surface area contributed by atoms with Gasteiger partial charge in [0.25, 0.3) is 0 Å². The first-order valence-corrected chi connectivity index (χ1v) is 7.71. The summed E-state index contributed by atoms with van der Waals surface area (Å²) in [6, 6.07) is 0. The molecule has 1 unspecified atom stereocenters. The van der Waals surface area contributed by atoms with E-state index in [-0.39, 0.29) is 0 Å². The fourth-order valence-electron chi connectivity index (χ4n) is 2.08. The molecule has 6 heteroatoms. The average molecular weight is 296 g/mol. The van der Waals surface area contributed by atoms with Gasteiger partial charge in [-0.3, -0.25) is 0 Å². The van der Waals surface area contributed by atoms with Crippen molar-refractivity contribution in [1.82, 2.24) is 9.97 Å². The molecule has 3 N–H and O–H groups in total. The van der Waals surface area contributed by atoms with E-state index < -0.39 is 6.10 Å². The van der Waals surface area contributed by atoms with Crippen molar-refractivity contribution in [2.75, 3.05) is 37.4 Å². The fraction of sp³-hybridized carbons (Fsp3) is 0.733. The zero-order valence-electron chi connectivity index (χ0n) is 13.4. The number of hydrogen-bond donors (Lipinski definition) is 3. The van der Waals surface area contributed by atoms with Gasteiger partial charge in [-0.25, -0.2) is 9.97 Å². The molecule has 1 aromatic rings. The Hall–Kier alpha value is -1.40. The van der Waals surface area contributed by atoms with E-state index >= 15 is 0 Å². The molecule has 0 radical (unpaired) electrons. The fourth-order valence-corrected chi connectivity index (χ4v) is 2.08. The topological polar surface area (TPSA) is 79.3 Å². The van der Waals surface area contributed by atoms with Crippen molar-refractivity contribution in [2.24, 2.45) is 0 Å². The lowest BCUT2D eigenvalue weighted by Gasteiger charge is -2.16. The summed E-state index contributed by atoms with van der Waals surface area (Å²) in [6.07, 6.45) is 4.77. The SMILES string of the molecule is CCCNc1ncnc(NCCC(O)COC)c1CCC. The van der Waals surface area contributed by atoms with Gasteiger partial charge in [0, 0.05) is 25.8 Å². The molecule has 6 nitrogen and oxygen atoms in total. The van der Waals surface area contributed by atoms with Crippen molar-refractivity contribution in [2.45, 2.75) is 45.6 Å². The molecule has 0 fully saturated rings. The largest absolute Gasteiger partial charge is 0.391 e. The maximum Gasteiger partial charge on any atom is 0.134 e. The second kappa shape index (κ2) is 10.3. The van der Waals surface area contributed by atoms with Gasteiger partial charge in [0.15, 0.2) is 0 Å². The van der Waals surface area contributed by atoms with E-state index in [0.29, 0.717) is 19.6 Å². The van der Waals surface area contributed by atoms with Gasteiger partial charge in [0.05, 0.1) is 12.7 Å². The highest BCUT2D eigenvalue weighted by atomic mass is 16.5. The Morgan fingerprint density at radius 2 is 1.81 bits per heavy atom. The van der Waals surface area contributed by atoms with Crippen LogP contribution in [0.2, 0.25) is 0 Å². The molecular weight excluding hydrogens is 268 g/mol. The highest BCUT2D eigenvalue weighted by molar-refractivity contribution is 5.57. The van der Waals surface area contributed by atoms with Crippen LogP contribution in [-0.4, -0.2) is 48.0 Å². The van der Waals surface area contributed by atoms with E-state index in [9.17, 15) is 5.11 Å². The normalized spacial score (nSPS) is 12.2. The van der Waals surface area contributed by atoms with Crippen LogP contribution in [0.25, 0.3) is 0 Å². The van der Waals surface area contributed by atoms with Gasteiger partial charge in [-0.1, -0.05) is 20.3 Å². The number of rotatable bonds is 11. The van der Waals surface area contributed by atoms with E-state index in [1.165, 1.54) is 0 Å². The molecule has 0 aliphatic heterocycles. The molecule has 1 heterocycles. The summed E-state index contributed by atoms with van der Waals surface area (Å²) in [4.78, 5) is 8.67. The Morgan fingerprint density at radius 3 is 2.38 bits per heavy atom. The third-order valence-electron chi connectivity index (χ3n) is 3.12. The molecule has 0 saturated carbocycles. The van der Waals surface area contributed by atoms with Crippen LogP contribution < -0.4 is 10.6 Å². The van der Waals surface area contributed by atoms with Crippen LogP contribution in [-0.2, 0) is 11.2 Å². The van der Waals surface area contributed by atoms with Crippen LogP contribution in [0.5, 0.6) is 0 Å². The van der Waals surface area contributed by atoms with Crippen molar-refractivity contribution >= 4 is 11.6 Å². The zero-order chi connectivity index (χ0) is 15.5. The summed E-state index contributed by atoms with van der Waals surface area (Å²) in [5.41, 5.74) is 1.12. The van der Waals surface area contributed by atoms with Gasteiger partial charge in [0.2, 0.25) is 0 Å². The smallest absolute Gasteiger partial charge is 0.134 e. The predicted octanol–water partition coefficient (Wildman–Crippen LogP) is 2.06. The standard InChI is InChI=1S/C15H28N4O2/c1-4-6-13-14(16-8-5-2)18-11-19-15(13)17-9-7-12(20)10-21-3/h11-12,20H,4-10H2,1-3H3,(H2,16,17,18,19). The summed E-state index contributed by atoms with van der Waals surface area (Å²) in [7, 11) is 1.59. The molecule has 120 valence electrons. The van der Waals surface area contributed by atoms with Crippen molar-refractivity contribution in [3.05, 3.63) is 11.9 Å². The number of nitrogens with zero attached hydrogens (tertiary/aromatic N) is 2. The predicted molar refractivity (Wildman–Crippen MR) is 85.8 cm³/mol. The van der Waals surface area contributed by atoms with Crippen LogP contribution in [0.1, 0.15) is 38.7 Å². The maximum absolute atomic E-state index is 9.66. The molecule has 0 bridgehead atoms. The first kappa shape index (κ1) is 17.7. The Bertz CT molecular complexity index is 401. The lowest BCUT2D eigenvalue weighted by molar-refractivity contribution is 0.0615. The highest BCUT2D eigenvalue weighted by Gasteiger charge is 2.11. The zero-order valence-corrected chi connectivity index (χ0v) is 13.4. The number of methoxy groups -OCH3 is 1. The first-order valence-electron chi connectivity index (χ1n) is 7.71. The molecule has 0 aliphatic rings. The monoisotopic (exact) mass is 296 g/mol. The van der Waals surface area contributed by atoms with Crippen molar-refractivity contribution in [3.63, 3.8) is 0 Å². The van der Waals surface area contributed by atoms with E-state index in [4.69, 9.17) is 4.74 Å². The Labute approximate surface area is 127 Å². The van der Waals surface area contributed by atoms with Crippen LogP contribution in [0.15, 0.2) is 6.33 Å². The second-order valence-electron chi connectivity index (χ2n) is 5.05. The van der Waals surface area contributed by atoms with Crippen LogP contribution >= 0.6 is 0 Å². The van der Waals surface area contributed by atoms with Gasteiger partial charge in [-0.05, 0) is 19.3 Å². The first-order chi connectivity index (χ1) is 10.2. The molecule has 0 saturated heterocycles. The Morgan fingerprint density at radius 1 is 1.14 bits per heavy atom. The molecule has 1 aromatic heterocycles. The average Bonchev–Trinajstić information content (AvgIpc) is 2.47. The number of nitrogens with one attached hydrogen (secondary N) is 2. The summed E-state index contributed by atoms with van der Waals surface area (Å²) < 4.78 is 4.92. The van der Waals surface area contributed by atoms with E-state index in [1.54, 1.807) is 13.4 Å². The second-order valence-corrected chi connectivity index (χ2v) is 5.05. The van der Waals surface area contributed by atoms with Gasteiger partial charge < -0.3 is 20.5 Å². The third-order valence-corrected chi connectivity index (χ3v) is 3.12. The van der Waals surface area contributed by atoms with Crippen molar-refractivity contribution in [3.8, 4) is 0 Å². The van der Waals surface area contributed by atoms with Crippen molar-refractivity contribution in [1.29, 1.82) is 0 Å². The molecule has 21 heavy (non-hydrogen) atoms. The minimum atomic E-state index is -0.448. The number of aliphatic hydroxyl groups is 1. The van der Waals surface area contributed by atoms with E-state index in [0.717, 1.165) is 43.0 Å². The summed E-state index contributed by atoms with van der Waals surface area (Å²) in [5, 5.41) is 16.3. The minimum absolute atomic E-state index is 0.358. The molecular formula is C15H28N4O2. The van der Waals surface area contributed by atoms with Gasteiger partial charge in [0.1, 0.15) is 18.0 Å². The van der Waals surface area contributed by atoms with Gasteiger partial charge in [-0.15, -0.1) is 0 Å².